The molecule has 149 heavy (non-hydrogen) atoms. The second kappa shape index (κ2) is 93.5. The molecule has 0 bridgehead atoms. The van der Waals surface area contributed by atoms with Crippen LogP contribution in [0.4, 0.5) is 13.2 Å². The van der Waals surface area contributed by atoms with Crippen LogP contribution in [-0.2, 0) is 0 Å². The number of halogens is 3. The molecule has 11 atom stereocenters. The van der Waals surface area contributed by atoms with Crippen LogP contribution in [0.1, 0.15) is 604 Å². The van der Waals surface area contributed by atoms with Crippen molar-refractivity contribution in [3.63, 3.8) is 0 Å². The number of nitrogens with zero attached hydrogens (tertiary/aromatic N) is 1. The Morgan fingerprint density at radius 1 is 0.369 bits per heavy atom. The quantitative estimate of drug-likeness (QED) is 0.0267. The molecule has 2 aliphatic rings. The van der Waals surface area contributed by atoms with Gasteiger partial charge in [0.2, 0.25) is 5.54 Å². The zero-order chi connectivity index (χ0) is 122. The molecule has 0 aromatic rings. The Labute approximate surface area is 942 Å². The van der Waals surface area contributed by atoms with Crippen molar-refractivity contribution in [3.8, 4) is 0 Å². The molecule has 13 heteroatoms. The first kappa shape index (κ1) is 175. The summed E-state index contributed by atoms with van der Waals surface area (Å²) in [6.07, 6.45) is 26.2. The van der Waals surface area contributed by atoms with Crippen LogP contribution in [0.25, 0.3) is 4.85 Å². The normalized spacial score (nSPS) is 17.7. The zero-order valence-corrected chi connectivity index (χ0v) is 115. The van der Waals surface area contributed by atoms with Gasteiger partial charge in [0.05, 0.1) is 29.5 Å². The molecule has 2 saturated carbocycles. The highest BCUT2D eigenvalue weighted by Gasteiger charge is 2.66. The van der Waals surface area contributed by atoms with E-state index >= 15 is 0 Å². The van der Waals surface area contributed by atoms with Crippen LogP contribution >= 0.6 is 0 Å². The van der Waals surface area contributed by atoms with Gasteiger partial charge in [0.25, 0.3) is 5.92 Å². The molecule has 2 fully saturated rings. The van der Waals surface area contributed by atoms with Crippen LogP contribution in [0.2, 0.25) is 0 Å². The summed E-state index contributed by atoms with van der Waals surface area (Å²) in [7, 11) is 2.05. The molecule has 0 heterocycles. The predicted octanol–water partition coefficient (Wildman–Crippen LogP) is 41.7. The maximum Gasteiger partial charge on any atom is 0.250 e. The molecule has 0 aromatic carbocycles. The van der Waals surface area contributed by atoms with Gasteiger partial charge in [0.1, 0.15) is 5.67 Å². The van der Waals surface area contributed by atoms with E-state index in [1.807, 2.05) is 41.7 Å². The van der Waals surface area contributed by atoms with Gasteiger partial charge in [-0.3, -0.25) is 0 Å². The summed E-state index contributed by atoms with van der Waals surface area (Å²) in [6, 6.07) is 1.09. The number of rotatable bonds is 51. The monoisotopic (exact) mass is 2140 g/mol. The number of aliphatic hydroxyl groups excluding tert-OH is 3. The van der Waals surface area contributed by atoms with Crippen LogP contribution < -0.4 is 16.8 Å². The van der Waals surface area contributed by atoms with E-state index in [1.54, 1.807) is 20.8 Å². The molecule has 916 valence electrons. The number of nitrogens with two attached hydrogens (primary N) is 2. The molecule has 0 spiro atoms. The Balaban J connectivity index is -0.000000121. The molecular formula is C136H295F3N4O6. The highest BCUT2D eigenvalue weighted by atomic mass is 19.3. The third-order valence-electron chi connectivity index (χ3n) is 29.9. The molecule has 0 radical (unpaired) electrons. The van der Waals surface area contributed by atoms with Crippen molar-refractivity contribution in [2.75, 3.05) is 20.3 Å². The van der Waals surface area contributed by atoms with Gasteiger partial charge in [0.15, 0.2) is 0 Å². The van der Waals surface area contributed by atoms with E-state index in [9.17, 15) is 33.6 Å². The first-order valence-electron chi connectivity index (χ1n) is 62.5. The lowest BCUT2D eigenvalue weighted by Crippen LogP contribution is -2.42. The van der Waals surface area contributed by atoms with Crippen molar-refractivity contribution in [2.45, 2.75) is 662 Å². The molecule has 10 nitrogen and oxygen atoms in total. The number of aliphatic hydroxyl groups is 6. The van der Waals surface area contributed by atoms with Crippen molar-refractivity contribution >= 4 is 0 Å². The smallest absolute Gasteiger partial charge is 0.250 e. The average Bonchev–Trinajstić information content (AvgIpc) is 1.55. The van der Waals surface area contributed by atoms with Gasteiger partial charge in [0, 0.05) is 61.2 Å². The number of hydrogen-bond donors (Lipinski definition) is 9. The molecule has 11 N–H and O–H groups in total. The van der Waals surface area contributed by atoms with Crippen molar-refractivity contribution < 1.29 is 43.8 Å². The standard InChI is InChI=1S/C11H21F.C11H24O2.C10H19N.C10H22O.C10H20.2C9H21N.2C9H20O.C9H20.C8H16F2.C8H19N.C8H18O.C8H18.C7H16/c1-8(2)6-11(9(3)4)7-10(11,5)12;1-9(2)5-6-11(13,8-12)7-10(3)4;1-8(2)7-10(5,11-6)9(3)4;1-6-10(11,9(4)5)7-8(2)3;1-8(2)7-10(5-6-10)9(3)4;1-7(2)6-9(10-5)8(3)4;2*1-7(2)6-9(5,10)8(3)4;1-7(2)5-9(6-10)8(3)4;1-8(2)6-5-7-9(3)4;1-6(2)5-8(9,10)7(3)4;2*1-6(2)5-8(9)7(3)4;1-7(2)5-6-8(3)4;1-6(2)5-7(3)4/h8-9H,6-7H2,1-5H3;9-10,12-13H,5-8H2,1-4H3;8-9H,7H2,1-5H3;8-9,11H,6-7H2,1-5H3;8-9H,5-7H2,1-4H3;7-10H,6H2,1-5H3;7-8H,6,10H2,1-5H3;7-8,10H,6H2,1-5H3;7-10H,5-6H2,1-4H3;8-9H,5-7H2,1-4H3;6-7H,5H2,1-4H3;6-8H,5,9H2,1-4H3;6-9H,5H2,1-4H3;7-8H,5-6H2,1-4H3;6-7H,5H2,1-4H3. The van der Waals surface area contributed by atoms with E-state index in [2.05, 4.69) is 405 Å². The molecule has 0 aliphatic heterocycles. The molecule has 0 saturated heterocycles. The average molecular weight is 2140 g/mol. The van der Waals surface area contributed by atoms with Gasteiger partial charge in [-0.25, -0.2) is 19.7 Å². The largest absolute Gasteiger partial charge is 0.396 e. The first-order valence-corrected chi connectivity index (χ1v) is 62.5. The van der Waals surface area contributed by atoms with Crippen LogP contribution in [0.5, 0.6) is 0 Å². The van der Waals surface area contributed by atoms with Crippen molar-refractivity contribution in [1.29, 1.82) is 0 Å². The summed E-state index contributed by atoms with van der Waals surface area (Å²) in [4.78, 5) is 3.71. The number of hydrogen-bond acceptors (Lipinski definition) is 9. The molecule has 2 rings (SSSR count). The lowest BCUT2D eigenvalue weighted by molar-refractivity contribution is -0.0617. The summed E-state index contributed by atoms with van der Waals surface area (Å²) in [5.74, 6) is 16.3. The third-order valence-corrected chi connectivity index (χ3v) is 29.9. The minimum absolute atomic E-state index is 0.00116. The lowest BCUT2D eigenvalue weighted by Gasteiger charge is -2.32. The Hall–Kier alpha value is -1.08. The highest BCUT2D eigenvalue weighted by Crippen LogP contribution is 2.66. The van der Waals surface area contributed by atoms with Crippen molar-refractivity contribution in [3.05, 3.63) is 11.4 Å². The maximum absolute atomic E-state index is 13.7. The van der Waals surface area contributed by atoms with E-state index in [0.717, 1.165) is 141 Å². The summed E-state index contributed by atoms with van der Waals surface area (Å²) in [5.41, 5.74) is 9.88. The molecule has 0 amide bonds. The minimum Gasteiger partial charge on any atom is -0.396 e. The second-order valence-electron chi connectivity index (χ2n) is 59.8. The molecule has 0 aromatic heterocycles. The fourth-order valence-corrected chi connectivity index (χ4v) is 18.4. The van der Waals surface area contributed by atoms with E-state index < -0.39 is 34.3 Å². The highest BCUT2D eigenvalue weighted by molar-refractivity contribution is 5.15. The van der Waals surface area contributed by atoms with Crippen LogP contribution in [0, 0.1) is 201 Å². The minimum atomic E-state index is -2.48. The molecule has 2 aliphatic carbocycles. The second-order valence-corrected chi connectivity index (χ2v) is 59.8. The number of alkyl halides is 3. The predicted molar refractivity (Wildman–Crippen MR) is 674 cm³/mol. The Morgan fingerprint density at radius 2 is 0.718 bits per heavy atom. The Kier molecular flexibility index (Phi) is 110. The van der Waals surface area contributed by atoms with Gasteiger partial charge in [-0.15, -0.1) is 0 Å². The van der Waals surface area contributed by atoms with Gasteiger partial charge < -0.3 is 52.3 Å². The van der Waals surface area contributed by atoms with Gasteiger partial charge in [-0.05, 0) is 314 Å². The van der Waals surface area contributed by atoms with E-state index in [-0.39, 0.29) is 41.5 Å². The summed E-state index contributed by atoms with van der Waals surface area (Å²) in [6.45, 7) is 147. The van der Waals surface area contributed by atoms with Gasteiger partial charge in [-0.1, -0.05) is 454 Å². The first-order chi connectivity index (χ1) is 66.8. The fraction of sp³-hybridized carbons (Fsp3) is 0.993. The molecule has 11 unspecified atom stereocenters. The topological polar surface area (TPSA) is 190 Å². The molecular weight excluding hydrogens is 1840 g/mol. The van der Waals surface area contributed by atoms with Crippen LogP contribution in [0.15, 0.2) is 0 Å². The fourth-order valence-electron chi connectivity index (χ4n) is 18.4. The Bertz CT molecular complexity index is 2700. The van der Waals surface area contributed by atoms with E-state index in [1.165, 1.54) is 64.2 Å². The van der Waals surface area contributed by atoms with Crippen LogP contribution in [-0.4, -0.2) is 109 Å². The van der Waals surface area contributed by atoms with E-state index in [4.69, 9.17) is 28.3 Å². The Morgan fingerprint density at radius 3 is 0.839 bits per heavy atom. The van der Waals surface area contributed by atoms with Crippen molar-refractivity contribution in [1.82, 2.24) is 5.32 Å². The van der Waals surface area contributed by atoms with Crippen molar-refractivity contribution in [2.24, 2.45) is 206 Å². The summed E-state index contributed by atoms with van der Waals surface area (Å²) in [5, 5.41) is 60.5. The maximum atomic E-state index is 13.7. The zero-order valence-electron chi connectivity index (χ0n) is 115. The van der Waals surface area contributed by atoms with Gasteiger partial charge in [-0.2, -0.15) is 0 Å². The summed E-state index contributed by atoms with van der Waals surface area (Å²) >= 11 is 0. The lowest BCUT2D eigenvalue weighted by atomic mass is 9.81. The SMILES string of the molecule is CC(C)CC(C)(N)C(C)C.CC(C)CC(C)(O)C(C)C.CC(C)CC(C)C.CC(C)CC(CO)C(C)C.CC(C)CC(F)(F)C(C)C.CC(C)CC(N)C(C)C.CC(C)CC(O)C(C)C.CC(C)CC1(C(C)C)CC1.CC(C)CC1(C(C)C)CC1(C)F.CC(C)CCC(C)C.CC(C)CCC(O)(CO)CC(C)C.CC(C)CCCC(C)C.CCC(O)(CC(C)C)C(C)C.CNC(CC(C)C)C(C)C.[C-]#[N+]C(C)(CC(C)C)C(C)C. The number of nitrogens with one attached hydrogen (secondary N) is 1. The van der Waals surface area contributed by atoms with Crippen LogP contribution in [0.3, 0.4) is 0 Å². The summed E-state index contributed by atoms with van der Waals surface area (Å²) < 4.78 is 39.3. The van der Waals surface area contributed by atoms with E-state index in [0.29, 0.717) is 138 Å². The van der Waals surface area contributed by atoms with Gasteiger partial charge >= 0.3 is 0 Å². The third kappa shape index (κ3) is 113.